The molecule has 0 spiro atoms. The fourth-order valence-corrected chi connectivity index (χ4v) is 3.57. The first-order valence-corrected chi connectivity index (χ1v) is 8.31. The number of thioether (sulfide) groups is 1. The Balaban J connectivity index is 0.00000208. The van der Waals surface area contributed by atoms with E-state index < -0.39 is 4.87 Å². The van der Waals surface area contributed by atoms with E-state index in [0.717, 1.165) is 22.9 Å². The number of imidazole rings is 1. The average molecular weight is 379 g/mol. The van der Waals surface area contributed by atoms with Gasteiger partial charge in [0.15, 0.2) is 10.0 Å². The number of aryl methyl sites for hydroxylation is 1. The summed E-state index contributed by atoms with van der Waals surface area (Å²) in [5.41, 5.74) is 1.50. The van der Waals surface area contributed by atoms with Crippen LogP contribution in [0, 0.1) is 0 Å². The number of benzene rings is 2. The maximum absolute atomic E-state index is 13.1. The van der Waals surface area contributed by atoms with Gasteiger partial charge < -0.3 is 4.57 Å². The van der Waals surface area contributed by atoms with Crippen molar-refractivity contribution in [3.05, 3.63) is 84.2 Å². The number of aromatic nitrogens is 2. The lowest BCUT2D eigenvalue weighted by Gasteiger charge is -2.26. The lowest BCUT2D eigenvalue weighted by atomic mass is 9.91. The van der Waals surface area contributed by atoms with Crippen molar-refractivity contribution >= 4 is 40.9 Å². The highest BCUT2D eigenvalue weighted by atomic mass is 35.5. The minimum Gasteiger partial charge on any atom is -0.329 e. The lowest BCUT2D eigenvalue weighted by molar-refractivity contribution is -0.112. The molecular weight excluding hydrogens is 363 g/mol. The highest BCUT2D eigenvalue weighted by molar-refractivity contribution is 8.13. The molecule has 0 aliphatic carbocycles. The molecule has 1 aromatic heterocycles. The Hall–Kier alpha value is -1.75. The van der Waals surface area contributed by atoms with Gasteiger partial charge in [0.1, 0.15) is 0 Å². The average Bonchev–Trinajstić information content (AvgIpc) is 3.00. The summed E-state index contributed by atoms with van der Waals surface area (Å²) >= 11 is 7.96. The van der Waals surface area contributed by atoms with Crippen molar-refractivity contribution in [2.24, 2.45) is 7.05 Å². The molecule has 6 heteroatoms. The number of alkyl halides is 1. The molecule has 0 bridgehead atoms. The first-order chi connectivity index (χ1) is 11.1. The third kappa shape index (κ3) is 3.51. The predicted octanol–water partition coefficient (Wildman–Crippen LogP) is 4.64. The largest absolute Gasteiger partial charge is 0.329 e. The fraction of sp³-hybridized carbons (Fsp3) is 0.111. The number of carbonyl (C=O) groups is 1. The van der Waals surface area contributed by atoms with Gasteiger partial charge in [0.2, 0.25) is 5.12 Å². The third-order valence-electron chi connectivity index (χ3n) is 3.59. The summed E-state index contributed by atoms with van der Waals surface area (Å²) in [6, 6.07) is 18.8. The Kier molecular flexibility index (Phi) is 6.10. The van der Waals surface area contributed by atoms with Crippen molar-refractivity contribution in [3.8, 4) is 0 Å². The van der Waals surface area contributed by atoms with Gasteiger partial charge in [-0.25, -0.2) is 4.98 Å². The van der Waals surface area contributed by atoms with Crippen molar-refractivity contribution in [1.82, 2.24) is 9.55 Å². The van der Waals surface area contributed by atoms with Crippen LogP contribution in [0.4, 0.5) is 0 Å². The molecule has 3 rings (SSSR count). The molecule has 0 fully saturated rings. The molecule has 124 valence electrons. The van der Waals surface area contributed by atoms with Crippen LogP contribution < -0.4 is 0 Å². The van der Waals surface area contributed by atoms with E-state index in [2.05, 4.69) is 4.98 Å². The molecular formula is C18H16Cl2N2OS. The van der Waals surface area contributed by atoms with Gasteiger partial charge in [-0.05, 0) is 22.9 Å². The summed E-state index contributed by atoms with van der Waals surface area (Å²) < 4.78 is 1.80. The SMILES string of the molecule is Cl.Cn1ccnc1SC(=O)C(Cl)(c1ccccc1)c1ccccc1. The first-order valence-electron chi connectivity index (χ1n) is 7.12. The van der Waals surface area contributed by atoms with Crippen LogP contribution in [-0.4, -0.2) is 14.7 Å². The molecule has 3 nitrogen and oxygen atoms in total. The summed E-state index contributed by atoms with van der Waals surface area (Å²) in [4.78, 5) is 16.0. The van der Waals surface area contributed by atoms with Crippen LogP contribution in [0.3, 0.4) is 0 Å². The Bertz CT molecular complexity index is 767. The zero-order chi connectivity index (χ0) is 16.3. The fourth-order valence-electron chi connectivity index (χ4n) is 2.34. The van der Waals surface area contributed by atoms with E-state index in [4.69, 9.17) is 11.6 Å². The molecule has 0 atom stereocenters. The minimum absolute atomic E-state index is 0. The number of carbonyl (C=O) groups excluding carboxylic acids is 1. The van der Waals surface area contributed by atoms with Crippen LogP contribution in [-0.2, 0) is 16.7 Å². The van der Waals surface area contributed by atoms with Crippen molar-refractivity contribution in [3.63, 3.8) is 0 Å². The van der Waals surface area contributed by atoms with Gasteiger partial charge in [-0.2, -0.15) is 0 Å². The van der Waals surface area contributed by atoms with Crippen molar-refractivity contribution in [2.75, 3.05) is 0 Å². The van der Waals surface area contributed by atoms with Crippen molar-refractivity contribution < 1.29 is 4.79 Å². The zero-order valence-electron chi connectivity index (χ0n) is 12.9. The Labute approximate surface area is 156 Å². The van der Waals surface area contributed by atoms with Crippen LogP contribution >= 0.6 is 35.8 Å². The number of halogens is 2. The second-order valence-electron chi connectivity index (χ2n) is 5.10. The Morgan fingerprint density at radius 3 is 1.96 bits per heavy atom. The molecule has 2 aromatic carbocycles. The van der Waals surface area contributed by atoms with Crippen molar-refractivity contribution in [1.29, 1.82) is 0 Å². The molecule has 0 aliphatic rings. The summed E-state index contributed by atoms with van der Waals surface area (Å²) in [6.07, 6.45) is 3.47. The molecule has 0 unspecified atom stereocenters. The second kappa shape index (κ2) is 7.88. The zero-order valence-corrected chi connectivity index (χ0v) is 15.3. The molecule has 24 heavy (non-hydrogen) atoms. The first kappa shape index (κ1) is 18.6. The van der Waals surface area contributed by atoms with Crippen LogP contribution in [0.2, 0.25) is 0 Å². The van der Waals surface area contributed by atoms with Gasteiger partial charge >= 0.3 is 0 Å². The smallest absolute Gasteiger partial charge is 0.226 e. The lowest BCUT2D eigenvalue weighted by Crippen LogP contribution is -2.29. The Morgan fingerprint density at radius 1 is 1.04 bits per heavy atom. The van der Waals surface area contributed by atoms with E-state index in [0.29, 0.717) is 5.16 Å². The van der Waals surface area contributed by atoms with Crippen molar-refractivity contribution in [2.45, 2.75) is 10.0 Å². The van der Waals surface area contributed by atoms with Gasteiger partial charge in [0.05, 0.1) is 0 Å². The van der Waals surface area contributed by atoms with Crippen LogP contribution in [0.15, 0.2) is 78.2 Å². The standard InChI is InChI=1S/C18H15ClN2OS.ClH/c1-21-13-12-20-17(21)23-16(22)18(19,14-8-4-2-5-9-14)15-10-6-3-7-11-15;/h2-13H,1H3;1H. The molecule has 0 saturated carbocycles. The summed E-state index contributed by atoms with van der Waals surface area (Å²) in [5, 5.41) is 0.442. The summed E-state index contributed by atoms with van der Waals surface area (Å²) in [7, 11) is 1.85. The van der Waals surface area contributed by atoms with Gasteiger partial charge in [0, 0.05) is 19.4 Å². The van der Waals surface area contributed by atoms with Crippen LogP contribution in [0.5, 0.6) is 0 Å². The van der Waals surface area contributed by atoms with Gasteiger partial charge in [-0.15, -0.1) is 12.4 Å². The summed E-state index contributed by atoms with van der Waals surface area (Å²) in [6.45, 7) is 0. The minimum atomic E-state index is -1.25. The molecule has 0 aliphatic heterocycles. The second-order valence-corrected chi connectivity index (χ2v) is 6.61. The number of hydrogen-bond donors (Lipinski definition) is 0. The van der Waals surface area contributed by atoms with Gasteiger partial charge in [-0.1, -0.05) is 72.3 Å². The molecule has 0 radical (unpaired) electrons. The number of nitrogens with zero attached hydrogens (tertiary/aromatic N) is 2. The topological polar surface area (TPSA) is 34.9 Å². The molecule has 1 heterocycles. The summed E-state index contributed by atoms with van der Waals surface area (Å²) in [5.74, 6) is 0. The maximum atomic E-state index is 13.1. The molecule has 0 amide bonds. The van der Waals surface area contributed by atoms with E-state index in [1.807, 2.05) is 67.7 Å². The van der Waals surface area contributed by atoms with Crippen LogP contribution in [0.25, 0.3) is 0 Å². The Morgan fingerprint density at radius 2 is 1.54 bits per heavy atom. The highest BCUT2D eigenvalue weighted by Crippen LogP contribution is 2.42. The predicted molar refractivity (Wildman–Crippen MR) is 101 cm³/mol. The highest BCUT2D eigenvalue weighted by Gasteiger charge is 2.40. The monoisotopic (exact) mass is 378 g/mol. The van der Waals surface area contributed by atoms with Crippen LogP contribution in [0.1, 0.15) is 11.1 Å². The normalized spacial score (nSPS) is 10.9. The number of rotatable bonds is 4. The van der Waals surface area contributed by atoms with E-state index in [9.17, 15) is 4.79 Å². The van der Waals surface area contributed by atoms with Gasteiger partial charge in [-0.3, -0.25) is 4.79 Å². The molecule has 0 N–H and O–H groups in total. The number of hydrogen-bond acceptors (Lipinski definition) is 3. The van der Waals surface area contributed by atoms with E-state index in [1.165, 1.54) is 0 Å². The van der Waals surface area contributed by atoms with E-state index in [1.54, 1.807) is 17.0 Å². The van der Waals surface area contributed by atoms with E-state index in [-0.39, 0.29) is 17.5 Å². The third-order valence-corrected chi connectivity index (χ3v) is 5.37. The molecule has 0 saturated heterocycles. The maximum Gasteiger partial charge on any atom is 0.226 e. The molecule has 3 aromatic rings. The quantitative estimate of drug-likeness (QED) is 0.489. The van der Waals surface area contributed by atoms with E-state index >= 15 is 0 Å². The van der Waals surface area contributed by atoms with Gasteiger partial charge in [0.25, 0.3) is 0 Å².